The minimum atomic E-state index is -0.352. The zero-order chi connectivity index (χ0) is 15.4. The molecule has 1 aromatic carbocycles. The van der Waals surface area contributed by atoms with E-state index in [1.165, 1.54) is 11.3 Å². The Morgan fingerprint density at radius 3 is 2.52 bits per heavy atom. The van der Waals surface area contributed by atoms with Gasteiger partial charge in [-0.05, 0) is 30.5 Å². The van der Waals surface area contributed by atoms with Crippen molar-refractivity contribution in [1.29, 1.82) is 0 Å². The first-order valence-corrected chi connectivity index (χ1v) is 8.12. The molecular weight excluding hydrogens is 306 g/mol. The molecule has 2 N–H and O–H groups in total. The van der Waals surface area contributed by atoms with Gasteiger partial charge in [-0.1, -0.05) is 37.6 Å². The Balaban J connectivity index is 2.52. The molecule has 0 amide bonds. The number of thiophene rings is 1. The number of anilines is 1. The SMILES string of the molecule is CCCOC(=O)c1c(N)sc(CC)c1-c1ccc(Cl)cc1. The van der Waals surface area contributed by atoms with E-state index in [1.807, 2.05) is 38.1 Å². The Morgan fingerprint density at radius 1 is 1.29 bits per heavy atom. The fourth-order valence-electron chi connectivity index (χ4n) is 2.14. The smallest absolute Gasteiger partial charge is 0.341 e. The fourth-order valence-corrected chi connectivity index (χ4v) is 3.28. The van der Waals surface area contributed by atoms with E-state index in [2.05, 4.69) is 0 Å². The van der Waals surface area contributed by atoms with E-state index in [4.69, 9.17) is 22.1 Å². The molecule has 0 aliphatic heterocycles. The van der Waals surface area contributed by atoms with E-state index >= 15 is 0 Å². The highest BCUT2D eigenvalue weighted by molar-refractivity contribution is 7.17. The topological polar surface area (TPSA) is 52.3 Å². The lowest BCUT2D eigenvalue weighted by atomic mass is 10.0. The first-order chi connectivity index (χ1) is 10.1. The van der Waals surface area contributed by atoms with Gasteiger partial charge in [-0.25, -0.2) is 4.79 Å². The van der Waals surface area contributed by atoms with Crippen LogP contribution in [0.2, 0.25) is 5.02 Å². The van der Waals surface area contributed by atoms with Crippen LogP contribution in [0.5, 0.6) is 0 Å². The highest BCUT2D eigenvalue weighted by atomic mass is 35.5. The van der Waals surface area contributed by atoms with Crippen molar-refractivity contribution in [2.75, 3.05) is 12.3 Å². The third-order valence-electron chi connectivity index (χ3n) is 3.10. The standard InChI is InChI=1S/C16H18ClNO2S/c1-3-9-20-16(19)14-13(12(4-2)21-15(14)18)10-5-7-11(17)8-6-10/h5-8H,3-4,9,18H2,1-2H3. The molecule has 0 aliphatic carbocycles. The molecule has 5 heteroatoms. The van der Waals surface area contributed by atoms with Crippen LogP contribution in [0.15, 0.2) is 24.3 Å². The van der Waals surface area contributed by atoms with E-state index in [9.17, 15) is 4.79 Å². The van der Waals surface area contributed by atoms with Crippen LogP contribution in [-0.4, -0.2) is 12.6 Å². The first-order valence-electron chi connectivity index (χ1n) is 6.92. The van der Waals surface area contributed by atoms with Crippen LogP contribution in [0, 0.1) is 0 Å². The summed E-state index contributed by atoms with van der Waals surface area (Å²) in [5.41, 5.74) is 8.34. The van der Waals surface area contributed by atoms with Crippen LogP contribution in [0.25, 0.3) is 11.1 Å². The Kier molecular flexibility index (Phi) is 5.26. The monoisotopic (exact) mass is 323 g/mol. The summed E-state index contributed by atoms with van der Waals surface area (Å²) in [5, 5.41) is 1.17. The Hall–Kier alpha value is -1.52. The van der Waals surface area contributed by atoms with Crippen molar-refractivity contribution >= 4 is 33.9 Å². The highest BCUT2D eigenvalue weighted by Crippen LogP contribution is 2.39. The number of carbonyl (C=O) groups is 1. The average molecular weight is 324 g/mol. The van der Waals surface area contributed by atoms with Gasteiger partial charge in [0.2, 0.25) is 0 Å². The molecule has 3 nitrogen and oxygen atoms in total. The summed E-state index contributed by atoms with van der Waals surface area (Å²) in [6, 6.07) is 7.43. The summed E-state index contributed by atoms with van der Waals surface area (Å²) in [5.74, 6) is -0.352. The van der Waals surface area contributed by atoms with E-state index < -0.39 is 0 Å². The molecule has 1 heterocycles. The number of nitrogen functional groups attached to an aromatic ring is 1. The van der Waals surface area contributed by atoms with Gasteiger partial charge in [0.1, 0.15) is 10.6 Å². The number of hydrogen-bond donors (Lipinski definition) is 1. The van der Waals surface area contributed by atoms with E-state index in [1.54, 1.807) is 0 Å². The predicted molar refractivity (Wildman–Crippen MR) is 89.1 cm³/mol. The molecule has 0 aliphatic rings. The predicted octanol–water partition coefficient (Wildman–Crippen LogP) is 4.78. The van der Waals surface area contributed by atoms with Crippen LogP contribution >= 0.6 is 22.9 Å². The minimum absolute atomic E-state index is 0.352. The van der Waals surface area contributed by atoms with Gasteiger partial charge in [0, 0.05) is 15.5 Å². The summed E-state index contributed by atoms with van der Waals surface area (Å²) >= 11 is 7.38. The maximum absolute atomic E-state index is 12.3. The number of aryl methyl sites for hydroxylation is 1. The lowest BCUT2D eigenvalue weighted by Gasteiger charge is -2.08. The number of benzene rings is 1. The van der Waals surface area contributed by atoms with Crippen LogP contribution in [0.3, 0.4) is 0 Å². The maximum Gasteiger partial charge on any atom is 0.341 e. The van der Waals surface area contributed by atoms with Gasteiger partial charge in [-0.15, -0.1) is 11.3 Å². The second kappa shape index (κ2) is 6.96. The Labute approximate surface area is 133 Å². The summed E-state index contributed by atoms with van der Waals surface area (Å²) in [6.07, 6.45) is 1.60. The summed E-state index contributed by atoms with van der Waals surface area (Å²) in [7, 11) is 0. The summed E-state index contributed by atoms with van der Waals surface area (Å²) in [4.78, 5) is 13.4. The third kappa shape index (κ3) is 3.39. The molecule has 0 bridgehead atoms. The van der Waals surface area contributed by atoms with Crippen LogP contribution in [0.1, 0.15) is 35.5 Å². The third-order valence-corrected chi connectivity index (χ3v) is 4.52. The van der Waals surface area contributed by atoms with Crippen molar-refractivity contribution in [2.24, 2.45) is 0 Å². The zero-order valence-corrected chi connectivity index (χ0v) is 13.7. The summed E-state index contributed by atoms with van der Waals surface area (Å²) < 4.78 is 5.26. The highest BCUT2D eigenvalue weighted by Gasteiger charge is 2.23. The molecule has 1 aromatic heterocycles. The normalized spacial score (nSPS) is 10.6. The van der Waals surface area contributed by atoms with Gasteiger partial charge >= 0.3 is 5.97 Å². The second-order valence-corrected chi connectivity index (χ2v) is 6.21. The average Bonchev–Trinajstić information content (AvgIpc) is 2.82. The molecule has 0 radical (unpaired) electrons. The molecule has 0 atom stereocenters. The maximum atomic E-state index is 12.3. The van der Waals surface area contributed by atoms with Gasteiger partial charge in [0.05, 0.1) is 6.61 Å². The van der Waals surface area contributed by atoms with Gasteiger partial charge in [0.25, 0.3) is 0 Å². The molecule has 21 heavy (non-hydrogen) atoms. The quantitative estimate of drug-likeness (QED) is 0.805. The van der Waals surface area contributed by atoms with Crippen molar-refractivity contribution in [2.45, 2.75) is 26.7 Å². The van der Waals surface area contributed by atoms with Crippen molar-refractivity contribution < 1.29 is 9.53 Å². The van der Waals surface area contributed by atoms with Gasteiger partial charge in [0.15, 0.2) is 0 Å². The molecule has 0 saturated heterocycles. The van der Waals surface area contributed by atoms with Crippen molar-refractivity contribution in [1.82, 2.24) is 0 Å². The molecule has 112 valence electrons. The Bertz CT molecular complexity index is 634. The molecule has 0 spiro atoms. The Morgan fingerprint density at radius 2 is 1.95 bits per heavy atom. The number of ether oxygens (including phenoxy) is 1. The van der Waals surface area contributed by atoms with Gasteiger partial charge in [-0.3, -0.25) is 0 Å². The molecule has 0 fully saturated rings. The van der Waals surface area contributed by atoms with E-state index in [0.717, 1.165) is 28.8 Å². The van der Waals surface area contributed by atoms with Gasteiger partial charge in [-0.2, -0.15) is 0 Å². The van der Waals surface area contributed by atoms with Crippen molar-refractivity contribution in [3.63, 3.8) is 0 Å². The number of hydrogen-bond acceptors (Lipinski definition) is 4. The number of nitrogens with two attached hydrogens (primary N) is 1. The van der Waals surface area contributed by atoms with Gasteiger partial charge < -0.3 is 10.5 Å². The molecule has 0 saturated carbocycles. The lowest BCUT2D eigenvalue weighted by molar-refractivity contribution is 0.0507. The van der Waals surface area contributed by atoms with Crippen LogP contribution in [0.4, 0.5) is 5.00 Å². The minimum Gasteiger partial charge on any atom is -0.462 e. The molecule has 2 aromatic rings. The largest absolute Gasteiger partial charge is 0.462 e. The fraction of sp³-hybridized carbons (Fsp3) is 0.312. The molecule has 0 unspecified atom stereocenters. The second-order valence-electron chi connectivity index (χ2n) is 4.64. The number of esters is 1. The van der Waals surface area contributed by atoms with Crippen LogP contribution < -0.4 is 5.73 Å². The zero-order valence-electron chi connectivity index (χ0n) is 12.1. The molecule has 2 rings (SSSR count). The van der Waals surface area contributed by atoms with E-state index in [-0.39, 0.29) is 5.97 Å². The van der Waals surface area contributed by atoms with Crippen molar-refractivity contribution in [3.8, 4) is 11.1 Å². The summed E-state index contributed by atoms with van der Waals surface area (Å²) in [6.45, 7) is 4.41. The lowest BCUT2D eigenvalue weighted by Crippen LogP contribution is -2.08. The number of carbonyl (C=O) groups excluding carboxylic acids is 1. The first kappa shape index (κ1) is 15.9. The number of halogens is 1. The number of rotatable bonds is 5. The van der Waals surface area contributed by atoms with Crippen LogP contribution in [-0.2, 0) is 11.2 Å². The molecular formula is C16H18ClNO2S. The van der Waals surface area contributed by atoms with E-state index in [0.29, 0.717) is 22.2 Å². The van der Waals surface area contributed by atoms with Crippen molar-refractivity contribution in [3.05, 3.63) is 39.7 Å².